The summed E-state index contributed by atoms with van der Waals surface area (Å²) in [6, 6.07) is 16.7. The van der Waals surface area contributed by atoms with Crippen LogP contribution >= 0.6 is 46.4 Å². The molecule has 0 saturated heterocycles. The zero-order valence-electron chi connectivity index (χ0n) is 14.9. The first kappa shape index (κ1) is 26.5. The van der Waals surface area contributed by atoms with Gasteiger partial charge in [0.15, 0.2) is 0 Å². The number of hydrogen-bond donors (Lipinski definition) is 0. The Bertz CT molecular complexity index is 963. The molecule has 4 aromatic rings. The van der Waals surface area contributed by atoms with E-state index in [0.29, 0.717) is 20.1 Å². The summed E-state index contributed by atoms with van der Waals surface area (Å²) in [6.45, 7) is 4.70. The smallest absolute Gasteiger partial charge is 1.00 e. The van der Waals surface area contributed by atoms with E-state index in [1.807, 2.05) is 24.3 Å². The van der Waals surface area contributed by atoms with Crippen molar-refractivity contribution < 1.29 is 51.0 Å². The van der Waals surface area contributed by atoms with E-state index in [1.165, 1.54) is 10.4 Å². The summed E-state index contributed by atoms with van der Waals surface area (Å²) in [4.78, 5) is 0. The van der Waals surface area contributed by atoms with Gasteiger partial charge in [0.1, 0.15) is 0 Å². The van der Waals surface area contributed by atoms with Crippen LogP contribution in [0.15, 0.2) is 48.5 Å². The van der Waals surface area contributed by atoms with E-state index in [2.05, 4.69) is 37.4 Å². The van der Waals surface area contributed by atoms with Crippen LogP contribution in [0.3, 0.4) is 0 Å². The molecule has 0 amide bonds. The molecule has 144 valence electrons. The van der Waals surface area contributed by atoms with Gasteiger partial charge in [0.2, 0.25) is 0 Å². The number of benzene rings is 2. The van der Waals surface area contributed by atoms with Crippen LogP contribution in [0.25, 0.3) is 21.5 Å². The Morgan fingerprint density at radius 3 is 1.29 bits per heavy atom. The van der Waals surface area contributed by atoms with Gasteiger partial charge in [0.25, 0.3) is 0 Å². The molecular weight excluding hydrogens is 572 g/mol. The van der Waals surface area contributed by atoms with Crippen LogP contribution in [-0.2, 0) is 26.2 Å². The summed E-state index contributed by atoms with van der Waals surface area (Å²) in [5, 5.41) is 9.60. The van der Waals surface area contributed by atoms with Crippen LogP contribution in [0, 0.1) is 0 Å². The molecule has 8 heteroatoms. The minimum absolute atomic E-state index is 0. The van der Waals surface area contributed by atoms with E-state index in [-0.39, 0.29) is 51.0 Å². The predicted octanol–water partition coefficient (Wildman–Crippen LogP) is 0.873. The summed E-state index contributed by atoms with van der Waals surface area (Å²) >= 11 is 24.7. The van der Waals surface area contributed by atoms with Crippen LogP contribution in [0.1, 0.15) is 0 Å². The maximum atomic E-state index is 6.17. The summed E-state index contributed by atoms with van der Waals surface area (Å²) in [7, 11) is -1.86. The summed E-state index contributed by atoms with van der Waals surface area (Å²) in [5.74, 6) is 0. The largest absolute Gasteiger partial charge is 4.00 e. The number of hydrogen-bond acceptors (Lipinski definition) is 0. The van der Waals surface area contributed by atoms with Crippen LogP contribution < -0.4 is 35.2 Å². The van der Waals surface area contributed by atoms with Crippen molar-refractivity contribution in [3.63, 3.8) is 0 Å². The SMILES string of the molecule is C[Si](C)(c1cc2cc(Cl)c(Cl)cc2[cH-]1)c1cc2cc(Cl)c(Cl)cc2[cH-]1.[Cl-].[Cl-].[Zr+4]. The molecule has 0 aliphatic heterocycles. The fourth-order valence-electron chi connectivity index (χ4n) is 3.30. The molecule has 0 heterocycles. The average Bonchev–Trinajstić information content (AvgIpc) is 3.13. The zero-order chi connectivity index (χ0) is 17.9. The second kappa shape index (κ2) is 9.75. The van der Waals surface area contributed by atoms with E-state index >= 15 is 0 Å². The number of rotatable bonds is 2. The van der Waals surface area contributed by atoms with Crippen molar-refractivity contribution in [2.75, 3.05) is 0 Å². The van der Waals surface area contributed by atoms with Crippen molar-refractivity contribution in [1.29, 1.82) is 0 Å². The first-order chi connectivity index (χ1) is 11.8. The molecule has 0 aromatic heterocycles. The standard InChI is InChI=1S/C20H14Cl4Si.2ClH.Zr/c1-25(2,15-3-11-7-17(21)18(22)8-12(11)4-15)16-5-13-9-19(23)20(24)10-14(13)6-16;;;/h3-10H,1-2H3;2*1H;/q-2;;;+4/p-2. The van der Waals surface area contributed by atoms with Gasteiger partial charge in [0.05, 0.1) is 8.07 Å². The van der Waals surface area contributed by atoms with Crippen molar-refractivity contribution in [2.45, 2.75) is 13.1 Å². The maximum Gasteiger partial charge on any atom is 4.00 e. The van der Waals surface area contributed by atoms with Gasteiger partial charge in [-0.25, -0.2) is 0 Å². The molecule has 4 aromatic carbocycles. The van der Waals surface area contributed by atoms with E-state index < -0.39 is 8.07 Å². The van der Waals surface area contributed by atoms with Gasteiger partial charge in [-0.3, -0.25) is 0 Å². The first-order valence-electron chi connectivity index (χ1n) is 7.87. The molecule has 0 aliphatic rings. The molecule has 0 N–H and O–H groups in total. The first-order valence-corrected chi connectivity index (χ1v) is 12.4. The van der Waals surface area contributed by atoms with Gasteiger partial charge in [0, 0.05) is 20.1 Å². The second-order valence-corrected chi connectivity index (χ2v) is 12.9. The number of halogens is 6. The van der Waals surface area contributed by atoms with Crippen molar-refractivity contribution in [1.82, 2.24) is 0 Å². The van der Waals surface area contributed by atoms with Gasteiger partial charge in [-0.2, -0.15) is 12.1 Å². The van der Waals surface area contributed by atoms with Crippen LogP contribution in [0.5, 0.6) is 0 Å². The van der Waals surface area contributed by atoms with Crippen molar-refractivity contribution in [2.24, 2.45) is 0 Å². The molecule has 0 radical (unpaired) electrons. The summed E-state index contributed by atoms with van der Waals surface area (Å²) in [5.41, 5.74) is 0. The molecule has 0 aliphatic carbocycles. The molecule has 0 nitrogen and oxygen atoms in total. The van der Waals surface area contributed by atoms with Crippen LogP contribution in [-0.4, -0.2) is 8.07 Å². The van der Waals surface area contributed by atoms with E-state index in [9.17, 15) is 0 Å². The van der Waals surface area contributed by atoms with Gasteiger partial charge < -0.3 is 24.8 Å². The Labute approximate surface area is 217 Å². The van der Waals surface area contributed by atoms with Crippen LogP contribution in [0.4, 0.5) is 0 Å². The van der Waals surface area contributed by atoms with Gasteiger partial charge >= 0.3 is 26.2 Å². The second-order valence-electron chi connectivity index (χ2n) is 6.90. The zero-order valence-corrected chi connectivity index (χ0v) is 22.9. The Morgan fingerprint density at radius 1 is 0.607 bits per heavy atom. The monoisotopic (exact) mass is 582 g/mol. The van der Waals surface area contributed by atoms with E-state index in [1.54, 1.807) is 0 Å². The molecule has 0 atom stereocenters. The third kappa shape index (κ3) is 4.71. The fraction of sp³-hybridized carbons (Fsp3) is 0.100. The molecule has 0 fully saturated rings. The van der Waals surface area contributed by atoms with Gasteiger partial charge in [-0.05, 0) is 0 Å². The third-order valence-corrected chi connectivity index (χ3v) is 9.85. The molecule has 28 heavy (non-hydrogen) atoms. The Morgan fingerprint density at radius 2 is 0.929 bits per heavy atom. The quantitative estimate of drug-likeness (QED) is 0.242. The molecular formula is C20H14Cl6SiZr. The topological polar surface area (TPSA) is 0 Å². The molecule has 0 bridgehead atoms. The van der Waals surface area contributed by atoms with Crippen molar-refractivity contribution in [3.8, 4) is 0 Å². The van der Waals surface area contributed by atoms with Crippen LogP contribution in [0.2, 0.25) is 33.2 Å². The average molecular weight is 586 g/mol. The minimum atomic E-state index is -1.86. The van der Waals surface area contributed by atoms with E-state index in [0.717, 1.165) is 21.5 Å². The van der Waals surface area contributed by atoms with E-state index in [4.69, 9.17) is 46.4 Å². The fourth-order valence-corrected chi connectivity index (χ4v) is 6.38. The molecule has 0 unspecified atom stereocenters. The minimum Gasteiger partial charge on any atom is -1.00 e. The molecule has 0 spiro atoms. The summed E-state index contributed by atoms with van der Waals surface area (Å²) < 4.78 is 0. The Hall–Kier alpha value is 0.500. The van der Waals surface area contributed by atoms with Crippen molar-refractivity contribution in [3.05, 3.63) is 68.6 Å². The Kier molecular flexibility index (Phi) is 9.24. The van der Waals surface area contributed by atoms with Gasteiger partial charge in [-0.15, -0.1) is 56.2 Å². The van der Waals surface area contributed by atoms with Crippen molar-refractivity contribution >= 4 is 86.4 Å². The number of fused-ring (bicyclic) bond motifs is 2. The molecule has 4 rings (SSSR count). The third-order valence-electron chi connectivity index (χ3n) is 4.94. The summed E-state index contributed by atoms with van der Waals surface area (Å²) in [6.07, 6.45) is 0. The predicted molar refractivity (Wildman–Crippen MR) is 116 cm³/mol. The van der Waals surface area contributed by atoms with Gasteiger partial charge in [-0.1, -0.05) is 71.6 Å². The molecule has 0 saturated carbocycles. The normalized spacial score (nSPS) is 11.1. The Balaban J connectivity index is 0.00000131. The maximum absolute atomic E-state index is 6.17.